The number of ether oxygens (including phenoxy) is 3. The molecule has 5 nitrogen and oxygen atoms in total. The summed E-state index contributed by atoms with van der Waals surface area (Å²) in [7, 11) is 1.39. The molecule has 0 aromatic heterocycles. The van der Waals surface area contributed by atoms with Crippen LogP contribution in [-0.4, -0.2) is 31.3 Å². The normalized spacial score (nSPS) is 20.0. The number of methoxy groups -OCH3 is 1. The van der Waals surface area contributed by atoms with E-state index in [1.54, 1.807) is 0 Å². The Kier molecular flexibility index (Phi) is 5.41. The molecule has 0 radical (unpaired) electrons. The van der Waals surface area contributed by atoms with E-state index in [-0.39, 0.29) is 11.9 Å². The van der Waals surface area contributed by atoms with Crippen molar-refractivity contribution in [1.82, 2.24) is 0 Å². The van der Waals surface area contributed by atoms with Gasteiger partial charge in [0.25, 0.3) is 0 Å². The Balaban J connectivity index is 2.42. The van der Waals surface area contributed by atoms with Gasteiger partial charge in [-0.05, 0) is 53.5 Å². The van der Waals surface area contributed by atoms with Crippen molar-refractivity contribution >= 4 is 11.9 Å². The molecule has 1 heterocycles. The molecule has 1 unspecified atom stereocenters. The first kappa shape index (κ1) is 20.3. The van der Waals surface area contributed by atoms with Crippen molar-refractivity contribution in [3.63, 3.8) is 0 Å². The van der Waals surface area contributed by atoms with Gasteiger partial charge in [-0.1, -0.05) is 18.2 Å². The van der Waals surface area contributed by atoms with Gasteiger partial charge in [-0.25, -0.2) is 0 Å². The number of para-hydroxylation sites is 1. The second-order valence-corrected chi connectivity index (χ2v) is 8.78. The van der Waals surface area contributed by atoms with E-state index in [0.717, 1.165) is 11.1 Å². The van der Waals surface area contributed by atoms with E-state index in [1.807, 2.05) is 59.7 Å². The molecule has 144 valence electrons. The molecule has 0 saturated heterocycles. The third-order valence-electron chi connectivity index (χ3n) is 4.76. The summed E-state index contributed by atoms with van der Waals surface area (Å²) < 4.78 is 16.5. The van der Waals surface area contributed by atoms with Gasteiger partial charge in [0.2, 0.25) is 0 Å². The summed E-state index contributed by atoms with van der Waals surface area (Å²) in [5.41, 5.74) is -0.300. The maximum absolute atomic E-state index is 12.9. The number of benzene rings is 1. The first-order valence-corrected chi connectivity index (χ1v) is 8.98. The van der Waals surface area contributed by atoms with Crippen molar-refractivity contribution in [2.45, 2.75) is 65.4 Å². The van der Waals surface area contributed by atoms with Gasteiger partial charge in [-0.3, -0.25) is 9.59 Å². The SMILES string of the molecule is COC(=O)C(C)(C)Cc1cccc2c1OCCC2(C)C(=O)OC(C)(C)C. The van der Waals surface area contributed by atoms with Gasteiger partial charge >= 0.3 is 11.9 Å². The molecule has 0 spiro atoms. The Morgan fingerprint density at radius 1 is 1.19 bits per heavy atom. The molecule has 1 aromatic carbocycles. The van der Waals surface area contributed by atoms with Gasteiger partial charge in [0.15, 0.2) is 0 Å². The summed E-state index contributed by atoms with van der Waals surface area (Å²) in [5, 5.41) is 0. The first-order chi connectivity index (χ1) is 11.9. The summed E-state index contributed by atoms with van der Waals surface area (Å²) >= 11 is 0. The molecule has 1 aliphatic heterocycles. The zero-order valence-electron chi connectivity index (χ0n) is 16.9. The van der Waals surface area contributed by atoms with Crippen molar-refractivity contribution in [1.29, 1.82) is 0 Å². The Labute approximate surface area is 156 Å². The highest BCUT2D eigenvalue weighted by molar-refractivity contribution is 5.85. The lowest BCUT2D eigenvalue weighted by atomic mass is 9.75. The van der Waals surface area contributed by atoms with Crippen molar-refractivity contribution < 1.29 is 23.8 Å². The molecule has 0 amide bonds. The summed E-state index contributed by atoms with van der Waals surface area (Å²) in [5.74, 6) is 0.156. The second-order valence-electron chi connectivity index (χ2n) is 8.78. The van der Waals surface area contributed by atoms with Crippen LogP contribution < -0.4 is 4.74 Å². The molecule has 5 heteroatoms. The van der Waals surface area contributed by atoms with Crippen LogP contribution in [0.4, 0.5) is 0 Å². The fourth-order valence-electron chi connectivity index (χ4n) is 3.25. The van der Waals surface area contributed by atoms with Crippen LogP contribution in [-0.2, 0) is 30.9 Å². The fraction of sp³-hybridized carbons (Fsp3) is 0.619. The number of hydrogen-bond acceptors (Lipinski definition) is 5. The van der Waals surface area contributed by atoms with Crippen LogP contribution in [0.2, 0.25) is 0 Å². The lowest BCUT2D eigenvalue weighted by Gasteiger charge is -2.37. The highest BCUT2D eigenvalue weighted by atomic mass is 16.6. The Morgan fingerprint density at radius 2 is 1.85 bits per heavy atom. The van der Waals surface area contributed by atoms with Crippen molar-refractivity contribution in [3.05, 3.63) is 29.3 Å². The molecular weight excluding hydrogens is 332 g/mol. The number of carbonyl (C=O) groups excluding carboxylic acids is 2. The lowest BCUT2D eigenvalue weighted by Crippen LogP contribution is -2.42. The molecule has 26 heavy (non-hydrogen) atoms. The molecule has 0 bridgehead atoms. The first-order valence-electron chi connectivity index (χ1n) is 8.98. The average molecular weight is 362 g/mol. The number of carbonyl (C=O) groups is 2. The van der Waals surface area contributed by atoms with Crippen LogP contribution in [0, 0.1) is 5.41 Å². The van der Waals surface area contributed by atoms with Crippen LogP contribution in [0.3, 0.4) is 0 Å². The Hall–Kier alpha value is -2.04. The molecule has 0 saturated carbocycles. The lowest BCUT2D eigenvalue weighted by molar-refractivity contribution is -0.162. The topological polar surface area (TPSA) is 61.8 Å². The van der Waals surface area contributed by atoms with E-state index >= 15 is 0 Å². The van der Waals surface area contributed by atoms with Gasteiger partial charge in [0, 0.05) is 12.0 Å². The molecule has 0 aliphatic carbocycles. The van der Waals surface area contributed by atoms with Crippen LogP contribution >= 0.6 is 0 Å². The number of hydrogen-bond donors (Lipinski definition) is 0. The minimum absolute atomic E-state index is 0.251. The third kappa shape index (κ3) is 4.02. The number of esters is 2. The quantitative estimate of drug-likeness (QED) is 0.762. The smallest absolute Gasteiger partial charge is 0.317 e. The van der Waals surface area contributed by atoms with E-state index in [0.29, 0.717) is 25.2 Å². The molecule has 0 fully saturated rings. The monoisotopic (exact) mass is 362 g/mol. The van der Waals surface area contributed by atoms with Crippen LogP contribution in [0.5, 0.6) is 5.75 Å². The summed E-state index contributed by atoms with van der Waals surface area (Å²) in [6.07, 6.45) is 1.02. The Bertz CT molecular complexity index is 699. The highest BCUT2D eigenvalue weighted by Crippen LogP contribution is 2.43. The van der Waals surface area contributed by atoms with Gasteiger partial charge in [0.05, 0.1) is 24.5 Å². The minimum Gasteiger partial charge on any atom is -0.493 e. The molecule has 1 atom stereocenters. The van der Waals surface area contributed by atoms with Crippen LogP contribution in [0.15, 0.2) is 18.2 Å². The predicted molar refractivity (Wildman–Crippen MR) is 99.3 cm³/mol. The minimum atomic E-state index is -0.772. The van der Waals surface area contributed by atoms with E-state index < -0.39 is 16.4 Å². The van der Waals surface area contributed by atoms with Gasteiger partial charge < -0.3 is 14.2 Å². The van der Waals surface area contributed by atoms with Gasteiger partial charge in [0.1, 0.15) is 11.4 Å². The number of rotatable bonds is 4. The molecule has 0 N–H and O–H groups in total. The zero-order chi connectivity index (χ0) is 19.8. The summed E-state index contributed by atoms with van der Waals surface area (Å²) in [6.45, 7) is 11.6. The molecule has 1 aliphatic rings. The largest absolute Gasteiger partial charge is 0.493 e. The van der Waals surface area contributed by atoms with Crippen LogP contribution in [0.25, 0.3) is 0 Å². The molecular formula is C21H30O5. The van der Waals surface area contributed by atoms with Crippen molar-refractivity contribution in [3.8, 4) is 5.75 Å². The average Bonchev–Trinajstić information content (AvgIpc) is 2.53. The van der Waals surface area contributed by atoms with E-state index in [2.05, 4.69) is 0 Å². The van der Waals surface area contributed by atoms with Crippen molar-refractivity contribution in [2.24, 2.45) is 5.41 Å². The fourth-order valence-corrected chi connectivity index (χ4v) is 3.25. The summed E-state index contributed by atoms with van der Waals surface area (Å²) in [6, 6.07) is 5.75. The molecule has 1 aromatic rings. The van der Waals surface area contributed by atoms with Crippen LogP contribution in [0.1, 0.15) is 59.1 Å². The van der Waals surface area contributed by atoms with E-state index in [9.17, 15) is 9.59 Å². The number of fused-ring (bicyclic) bond motifs is 1. The predicted octanol–water partition coefficient (Wildman–Crippen LogP) is 3.81. The zero-order valence-corrected chi connectivity index (χ0v) is 16.9. The van der Waals surface area contributed by atoms with E-state index in [1.165, 1.54) is 7.11 Å². The standard InChI is InChI=1S/C21H30O5/c1-19(2,3)26-18(23)21(6)11-12-25-16-14(9-8-10-15(16)21)13-20(4,5)17(22)24-7/h8-10H,11-13H2,1-7H3. The second kappa shape index (κ2) is 6.93. The summed E-state index contributed by atoms with van der Waals surface area (Å²) in [4.78, 5) is 25.0. The highest BCUT2D eigenvalue weighted by Gasteiger charge is 2.44. The van der Waals surface area contributed by atoms with Gasteiger partial charge in [-0.2, -0.15) is 0 Å². The Morgan fingerprint density at radius 3 is 2.42 bits per heavy atom. The van der Waals surface area contributed by atoms with Crippen molar-refractivity contribution in [2.75, 3.05) is 13.7 Å². The van der Waals surface area contributed by atoms with E-state index in [4.69, 9.17) is 14.2 Å². The maximum Gasteiger partial charge on any atom is 0.317 e. The maximum atomic E-state index is 12.9. The van der Waals surface area contributed by atoms with Gasteiger partial charge in [-0.15, -0.1) is 0 Å². The molecule has 2 rings (SSSR count). The third-order valence-corrected chi connectivity index (χ3v) is 4.76.